The highest BCUT2D eigenvalue weighted by atomic mass is 127. The second-order valence-electron chi connectivity index (χ2n) is 2.00. The maximum absolute atomic E-state index is 9.74. The Labute approximate surface area is 68.8 Å². The van der Waals surface area contributed by atoms with Crippen LogP contribution < -0.4 is 0 Å². The molecule has 0 aliphatic rings. The van der Waals surface area contributed by atoms with Crippen LogP contribution in [0.5, 0.6) is 0 Å². The molecule has 0 saturated heterocycles. The van der Waals surface area contributed by atoms with Crippen LogP contribution in [0.15, 0.2) is 17.3 Å². The van der Waals surface area contributed by atoms with Gasteiger partial charge in [-0.1, -0.05) is 46.8 Å². The summed E-state index contributed by atoms with van der Waals surface area (Å²) in [6.07, 6.45) is 0. The third-order valence-electron chi connectivity index (χ3n) is 1.22. The molecule has 9 heavy (non-hydrogen) atoms. The van der Waals surface area contributed by atoms with Crippen molar-refractivity contribution in [3.8, 4) is 0 Å². The lowest BCUT2D eigenvalue weighted by molar-refractivity contribution is 0.699. The number of hydrogen-bond donors (Lipinski definition) is 0. The zero-order valence-electron chi connectivity index (χ0n) is 5.43. The predicted molar refractivity (Wildman–Crippen MR) is 47.9 cm³/mol. The minimum Gasteiger partial charge on any atom is -0.151 e. The normalized spacial score (nSPS) is 12.7. The number of nitrogens with zero attached hydrogens (tertiary/aromatic N) is 1. The fraction of sp³-hybridized carbons (Fsp3) is 0.667. The highest BCUT2D eigenvalue weighted by molar-refractivity contribution is 14.1. The first-order valence-corrected chi connectivity index (χ1v) is 4.27. The first-order chi connectivity index (χ1) is 4.22. The molecule has 2 nitrogen and oxygen atoms in total. The highest BCUT2D eigenvalue weighted by Gasteiger charge is 2.03. The third kappa shape index (κ3) is 3.61. The van der Waals surface area contributed by atoms with Crippen LogP contribution in [0.4, 0.5) is 0 Å². The lowest BCUT2D eigenvalue weighted by Crippen LogP contribution is -2.02. The maximum Gasteiger partial charge on any atom is 0.0873 e. The minimum absolute atomic E-state index is 0.249. The first kappa shape index (κ1) is 9.07. The van der Waals surface area contributed by atoms with Crippen molar-refractivity contribution in [1.82, 2.24) is 0 Å². The second-order valence-corrected chi connectivity index (χ2v) is 2.77. The number of halogens is 1. The van der Waals surface area contributed by atoms with Crippen molar-refractivity contribution in [2.75, 3.05) is 11.0 Å². The Kier molecular flexibility index (Phi) is 4.94. The van der Waals surface area contributed by atoms with Gasteiger partial charge in [0.25, 0.3) is 0 Å². The average molecular weight is 239 g/mol. The van der Waals surface area contributed by atoms with E-state index < -0.39 is 0 Å². The van der Waals surface area contributed by atoms with E-state index in [1.807, 2.05) is 6.92 Å². The van der Waals surface area contributed by atoms with Crippen LogP contribution in [0.1, 0.15) is 6.92 Å². The molecular formula is C6H10INO. The molecule has 0 aliphatic carbocycles. The van der Waals surface area contributed by atoms with E-state index in [0.717, 1.165) is 10.0 Å². The van der Waals surface area contributed by atoms with Gasteiger partial charge in [-0.25, -0.2) is 0 Å². The number of alkyl halides is 1. The standard InChI is InChI=1S/C6H10INO/c1-5(3-7)6(2)4-8-9/h6H,1,3-4H2,2H3. The van der Waals surface area contributed by atoms with Gasteiger partial charge in [-0.05, 0) is 0 Å². The molecule has 3 heteroatoms. The Morgan fingerprint density at radius 3 is 2.78 bits per heavy atom. The van der Waals surface area contributed by atoms with Crippen LogP contribution in [-0.2, 0) is 0 Å². The van der Waals surface area contributed by atoms with Crippen molar-refractivity contribution < 1.29 is 0 Å². The molecule has 0 spiro atoms. The van der Waals surface area contributed by atoms with Gasteiger partial charge in [0.1, 0.15) is 0 Å². The molecule has 0 aliphatic heterocycles. The first-order valence-electron chi connectivity index (χ1n) is 2.75. The van der Waals surface area contributed by atoms with Crippen molar-refractivity contribution in [1.29, 1.82) is 0 Å². The summed E-state index contributed by atoms with van der Waals surface area (Å²) in [5.74, 6) is 0.249. The summed E-state index contributed by atoms with van der Waals surface area (Å²) in [6, 6.07) is 0. The van der Waals surface area contributed by atoms with E-state index in [4.69, 9.17) is 0 Å². The second kappa shape index (κ2) is 4.90. The van der Waals surface area contributed by atoms with Gasteiger partial charge in [-0.15, -0.1) is 0 Å². The number of hydrogen-bond acceptors (Lipinski definition) is 2. The lowest BCUT2D eigenvalue weighted by Gasteiger charge is -2.05. The topological polar surface area (TPSA) is 29.4 Å². The molecule has 0 rings (SSSR count). The molecule has 0 aromatic carbocycles. The van der Waals surface area contributed by atoms with Crippen LogP contribution >= 0.6 is 22.6 Å². The Morgan fingerprint density at radius 1 is 1.89 bits per heavy atom. The quantitative estimate of drug-likeness (QED) is 0.320. The van der Waals surface area contributed by atoms with Crippen molar-refractivity contribution in [2.24, 2.45) is 11.1 Å². The molecule has 1 unspecified atom stereocenters. The summed E-state index contributed by atoms with van der Waals surface area (Å²) in [6.45, 7) is 6.11. The van der Waals surface area contributed by atoms with Gasteiger partial charge in [0.2, 0.25) is 0 Å². The molecule has 1 atom stereocenters. The van der Waals surface area contributed by atoms with E-state index in [0.29, 0.717) is 6.54 Å². The van der Waals surface area contributed by atoms with Crippen LogP contribution in [-0.4, -0.2) is 11.0 Å². The van der Waals surface area contributed by atoms with Crippen molar-refractivity contribution in [2.45, 2.75) is 6.92 Å². The number of rotatable bonds is 4. The molecule has 0 bridgehead atoms. The molecule has 0 aromatic heterocycles. The molecular weight excluding hydrogens is 229 g/mol. The SMILES string of the molecule is C=C(CI)C(C)CN=O. The van der Waals surface area contributed by atoms with Gasteiger partial charge in [-0.3, -0.25) is 0 Å². The van der Waals surface area contributed by atoms with Crippen molar-refractivity contribution >= 4 is 22.6 Å². The third-order valence-corrected chi connectivity index (χ3v) is 2.20. The van der Waals surface area contributed by atoms with Gasteiger partial charge in [0.05, 0.1) is 6.54 Å². The Bertz CT molecular complexity index is 114. The van der Waals surface area contributed by atoms with Crippen LogP contribution in [0.25, 0.3) is 0 Å². The molecule has 0 heterocycles. The Hall–Kier alpha value is 0.0700. The summed E-state index contributed by atoms with van der Waals surface area (Å²) >= 11 is 2.23. The number of nitroso groups, excluding NO2 is 1. The van der Waals surface area contributed by atoms with Gasteiger partial charge in [0.15, 0.2) is 0 Å². The van der Waals surface area contributed by atoms with Gasteiger partial charge in [-0.2, -0.15) is 4.91 Å². The molecule has 0 radical (unpaired) electrons. The minimum atomic E-state index is 0.249. The smallest absolute Gasteiger partial charge is 0.0873 e. The van der Waals surface area contributed by atoms with E-state index >= 15 is 0 Å². The van der Waals surface area contributed by atoms with E-state index in [2.05, 4.69) is 34.3 Å². The van der Waals surface area contributed by atoms with Crippen LogP contribution in [0.2, 0.25) is 0 Å². The summed E-state index contributed by atoms with van der Waals surface area (Å²) in [4.78, 5) is 9.74. The van der Waals surface area contributed by atoms with E-state index in [1.165, 1.54) is 0 Å². The fourth-order valence-corrected chi connectivity index (χ4v) is 1.12. The van der Waals surface area contributed by atoms with Crippen LogP contribution in [0.3, 0.4) is 0 Å². The van der Waals surface area contributed by atoms with E-state index in [-0.39, 0.29) is 5.92 Å². The Morgan fingerprint density at radius 2 is 2.44 bits per heavy atom. The monoisotopic (exact) mass is 239 g/mol. The lowest BCUT2D eigenvalue weighted by atomic mass is 10.1. The summed E-state index contributed by atoms with van der Waals surface area (Å²) in [7, 11) is 0. The Balaban J connectivity index is 3.58. The zero-order chi connectivity index (χ0) is 7.28. The molecule has 0 N–H and O–H groups in total. The fourth-order valence-electron chi connectivity index (χ4n) is 0.373. The van der Waals surface area contributed by atoms with Crippen molar-refractivity contribution in [3.05, 3.63) is 17.1 Å². The molecule has 0 fully saturated rings. The van der Waals surface area contributed by atoms with Crippen molar-refractivity contribution in [3.63, 3.8) is 0 Å². The van der Waals surface area contributed by atoms with E-state index in [9.17, 15) is 4.91 Å². The maximum atomic E-state index is 9.74. The molecule has 0 amide bonds. The van der Waals surface area contributed by atoms with E-state index in [1.54, 1.807) is 0 Å². The van der Waals surface area contributed by atoms with Gasteiger partial charge >= 0.3 is 0 Å². The highest BCUT2D eigenvalue weighted by Crippen LogP contribution is 2.10. The van der Waals surface area contributed by atoms with Gasteiger partial charge < -0.3 is 0 Å². The van der Waals surface area contributed by atoms with Crippen LogP contribution in [0, 0.1) is 10.8 Å². The molecule has 0 aromatic rings. The average Bonchev–Trinajstić information content (AvgIpc) is 1.87. The summed E-state index contributed by atoms with van der Waals surface area (Å²) in [5, 5.41) is 2.79. The summed E-state index contributed by atoms with van der Waals surface area (Å²) < 4.78 is 0.911. The molecule has 0 saturated carbocycles. The molecule has 52 valence electrons. The predicted octanol–water partition coefficient (Wildman–Crippen LogP) is 2.38. The summed E-state index contributed by atoms with van der Waals surface area (Å²) in [5.41, 5.74) is 1.09. The largest absolute Gasteiger partial charge is 0.151 e. The van der Waals surface area contributed by atoms with Gasteiger partial charge in [0, 0.05) is 10.3 Å². The zero-order valence-corrected chi connectivity index (χ0v) is 7.59.